The van der Waals surface area contributed by atoms with Crippen LogP contribution in [0.1, 0.15) is 16.7 Å². The van der Waals surface area contributed by atoms with Crippen molar-refractivity contribution in [2.24, 2.45) is 0 Å². The Kier molecular flexibility index (Phi) is 5.15. The number of benzene rings is 1. The molecule has 4 aromatic rings. The van der Waals surface area contributed by atoms with Gasteiger partial charge in [0.25, 0.3) is 5.56 Å². The summed E-state index contributed by atoms with van der Waals surface area (Å²) in [6.07, 6.45) is 3.46. The smallest absolute Gasteiger partial charge is 0.267 e. The zero-order valence-corrected chi connectivity index (χ0v) is 18.5. The van der Waals surface area contributed by atoms with Gasteiger partial charge >= 0.3 is 0 Å². The quantitative estimate of drug-likeness (QED) is 0.493. The van der Waals surface area contributed by atoms with Crippen molar-refractivity contribution in [3.63, 3.8) is 0 Å². The summed E-state index contributed by atoms with van der Waals surface area (Å²) in [7, 11) is 0. The molecular weight excluding hydrogens is 408 g/mol. The van der Waals surface area contributed by atoms with Gasteiger partial charge in [-0.05, 0) is 48.7 Å². The van der Waals surface area contributed by atoms with Crippen LogP contribution in [0.5, 0.6) is 0 Å². The van der Waals surface area contributed by atoms with Crippen molar-refractivity contribution in [1.29, 1.82) is 0 Å². The van der Waals surface area contributed by atoms with E-state index in [1.54, 1.807) is 29.8 Å². The van der Waals surface area contributed by atoms with Crippen LogP contribution < -0.4 is 15.4 Å². The van der Waals surface area contributed by atoms with E-state index in [1.165, 1.54) is 20.5 Å². The molecule has 7 nitrogen and oxygen atoms in total. The van der Waals surface area contributed by atoms with E-state index in [1.807, 2.05) is 18.2 Å². The van der Waals surface area contributed by atoms with E-state index in [0.717, 1.165) is 48.2 Å². The highest BCUT2D eigenvalue weighted by atomic mass is 32.1. The first-order valence-electron chi connectivity index (χ1n) is 10.4. The van der Waals surface area contributed by atoms with Crippen molar-refractivity contribution in [3.8, 4) is 0 Å². The first-order chi connectivity index (χ1) is 15.1. The number of anilines is 2. The van der Waals surface area contributed by atoms with Gasteiger partial charge in [-0.2, -0.15) is 5.10 Å². The number of pyridine rings is 1. The van der Waals surface area contributed by atoms with E-state index in [-0.39, 0.29) is 5.56 Å². The van der Waals surface area contributed by atoms with Gasteiger partial charge < -0.3 is 9.80 Å². The number of hydrogen-bond donors (Lipinski definition) is 0. The molecule has 158 valence electrons. The fourth-order valence-electron chi connectivity index (χ4n) is 3.89. The molecule has 1 aliphatic rings. The molecule has 0 N–H and O–H groups in total. The molecule has 0 radical (unpaired) electrons. The summed E-state index contributed by atoms with van der Waals surface area (Å²) in [5.74, 6) is 0.837. The summed E-state index contributed by atoms with van der Waals surface area (Å²) in [6, 6.07) is 11.6. The summed E-state index contributed by atoms with van der Waals surface area (Å²) < 4.78 is 2.80. The van der Waals surface area contributed by atoms with Crippen molar-refractivity contribution < 1.29 is 0 Å². The van der Waals surface area contributed by atoms with Crippen LogP contribution in [-0.4, -0.2) is 45.9 Å². The third-order valence-electron chi connectivity index (χ3n) is 5.74. The van der Waals surface area contributed by atoms with E-state index >= 15 is 0 Å². The maximum Gasteiger partial charge on any atom is 0.267 e. The number of thiazole rings is 1. The number of aryl methyl sites for hydroxylation is 2. The Morgan fingerprint density at radius 1 is 0.903 bits per heavy atom. The number of aromatic nitrogens is 4. The Hall–Kier alpha value is -3.26. The van der Waals surface area contributed by atoms with Crippen LogP contribution in [0.4, 0.5) is 10.9 Å². The highest BCUT2D eigenvalue weighted by Crippen LogP contribution is 2.33. The predicted octanol–water partition coefficient (Wildman–Crippen LogP) is 3.24. The van der Waals surface area contributed by atoms with Gasteiger partial charge in [0.05, 0.1) is 16.8 Å². The summed E-state index contributed by atoms with van der Waals surface area (Å²) in [6.45, 7) is 8.15. The van der Waals surface area contributed by atoms with Crippen LogP contribution in [0.2, 0.25) is 0 Å². The molecule has 0 amide bonds. The molecule has 4 heterocycles. The second-order valence-corrected chi connectivity index (χ2v) is 8.87. The van der Waals surface area contributed by atoms with E-state index in [2.05, 4.69) is 45.9 Å². The molecular formula is C23H24N6OS. The highest BCUT2D eigenvalue weighted by molar-refractivity contribution is 7.22. The largest absolute Gasteiger partial charge is 0.352 e. The van der Waals surface area contributed by atoms with E-state index in [9.17, 15) is 4.79 Å². The lowest BCUT2D eigenvalue weighted by atomic mass is 10.1. The van der Waals surface area contributed by atoms with Crippen LogP contribution >= 0.6 is 11.3 Å². The third kappa shape index (κ3) is 3.90. The molecule has 0 saturated carbocycles. The first kappa shape index (κ1) is 19.7. The van der Waals surface area contributed by atoms with E-state index in [0.29, 0.717) is 6.54 Å². The van der Waals surface area contributed by atoms with Gasteiger partial charge in [-0.15, -0.1) is 0 Å². The molecule has 0 aliphatic carbocycles. The van der Waals surface area contributed by atoms with Crippen LogP contribution in [-0.2, 0) is 6.54 Å². The second-order valence-electron chi connectivity index (χ2n) is 7.89. The van der Waals surface area contributed by atoms with Gasteiger partial charge in [0.2, 0.25) is 0 Å². The van der Waals surface area contributed by atoms with E-state index in [4.69, 9.17) is 4.98 Å². The van der Waals surface area contributed by atoms with Gasteiger partial charge in [-0.25, -0.2) is 9.67 Å². The molecule has 0 unspecified atom stereocenters. The molecule has 1 fully saturated rings. The summed E-state index contributed by atoms with van der Waals surface area (Å²) in [4.78, 5) is 25.8. The van der Waals surface area contributed by atoms with Crippen molar-refractivity contribution in [2.45, 2.75) is 20.4 Å². The average molecular weight is 433 g/mol. The van der Waals surface area contributed by atoms with Gasteiger partial charge in [0.1, 0.15) is 5.82 Å². The van der Waals surface area contributed by atoms with Crippen LogP contribution in [0, 0.1) is 13.8 Å². The van der Waals surface area contributed by atoms with Crippen LogP contribution in [0.3, 0.4) is 0 Å². The number of rotatable bonds is 4. The lowest BCUT2D eigenvalue weighted by Crippen LogP contribution is -2.47. The van der Waals surface area contributed by atoms with Gasteiger partial charge in [-0.3, -0.25) is 9.78 Å². The Bertz CT molecular complexity index is 1240. The zero-order chi connectivity index (χ0) is 21.4. The molecule has 1 aliphatic heterocycles. The van der Waals surface area contributed by atoms with Crippen molar-refractivity contribution in [2.75, 3.05) is 36.0 Å². The number of hydrogen-bond acceptors (Lipinski definition) is 7. The van der Waals surface area contributed by atoms with Crippen molar-refractivity contribution in [3.05, 3.63) is 75.8 Å². The fraction of sp³-hybridized carbons (Fsp3) is 0.304. The summed E-state index contributed by atoms with van der Waals surface area (Å²) in [5, 5.41) is 5.71. The van der Waals surface area contributed by atoms with Gasteiger partial charge in [0, 0.05) is 44.6 Å². The molecule has 0 bridgehead atoms. The standard InChI is InChI=1S/C23H24N6OS/c1-16-3-4-17(2)22-21(16)25-23(31-22)28-13-11-27(12-14-28)19-5-6-20(30)29(26-19)15-18-7-9-24-10-8-18/h3-10H,11-15H2,1-2H3. The second kappa shape index (κ2) is 8.11. The predicted molar refractivity (Wildman–Crippen MR) is 125 cm³/mol. The lowest BCUT2D eigenvalue weighted by molar-refractivity contribution is 0.601. The molecule has 31 heavy (non-hydrogen) atoms. The van der Waals surface area contributed by atoms with E-state index < -0.39 is 0 Å². The number of fused-ring (bicyclic) bond motifs is 1. The minimum atomic E-state index is -0.0978. The molecule has 1 aromatic carbocycles. The summed E-state index contributed by atoms with van der Waals surface area (Å²) >= 11 is 1.78. The van der Waals surface area contributed by atoms with Crippen LogP contribution in [0.25, 0.3) is 10.2 Å². The van der Waals surface area contributed by atoms with Gasteiger partial charge in [-0.1, -0.05) is 23.5 Å². The minimum absolute atomic E-state index is 0.0978. The Morgan fingerprint density at radius 3 is 2.35 bits per heavy atom. The normalized spacial score (nSPS) is 14.4. The highest BCUT2D eigenvalue weighted by Gasteiger charge is 2.22. The monoisotopic (exact) mass is 432 g/mol. The lowest BCUT2D eigenvalue weighted by Gasteiger charge is -2.35. The first-order valence-corrected chi connectivity index (χ1v) is 11.2. The van der Waals surface area contributed by atoms with Gasteiger partial charge in [0.15, 0.2) is 5.13 Å². The third-order valence-corrected chi connectivity index (χ3v) is 6.99. The topological polar surface area (TPSA) is 67.2 Å². The van der Waals surface area contributed by atoms with Crippen molar-refractivity contribution in [1.82, 2.24) is 19.7 Å². The zero-order valence-electron chi connectivity index (χ0n) is 17.7. The minimum Gasteiger partial charge on any atom is -0.352 e. The molecule has 1 saturated heterocycles. The number of piperazine rings is 1. The molecule has 0 spiro atoms. The SMILES string of the molecule is Cc1ccc(C)c2sc(N3CCN(c4ccc(=O)n(Cc5ccncc5)n4)CC3)nc12. The van der Waals surface area contributed by atoms with Crippen LogP contribution in [0.15, 0.2) is 53.6 Å². The molecule has 5 rings (SSSR count). The maximum atomic E-state index is 12.3. The maximum absolute atomic E-state index is 12.3. The fourth-order valence-corrected chi connectivity index (χ4v) is 5.05. The average Bonchev–Trinajstić information content (AvgIpc) is 3.26. The Balaban J connectivity index is 1.32. The molecule has 0 atom stereocenters. The Labute approximate surface area is 184 Å². The van der Waals surface area contributed by atoms with Crippen molar-refractivity contribution >= 4 is 32.5 Å². The molecule has 8 heteroatoms. The summed E-state index contributed by atoms with van der Waals surface area (Å²) in [5.41, 5.74) is 4.53. The number of nitrogens with zero attached hydrogens (tertiary/aromatic N) is 6. The molecule has 3 aromatic heterocycles. The Morgan fingerprint density at radius 2 is 1.61 bits per heavy atom.